The number of aryl methyl sites for hydroxylation is 2. The highest BCUT2D eigenvalue weighted by Crippen LogP contribution is 2.51. The van der Waals surface area contributed by atoms with Crippen LogP contribution >= 0.6 is 15.9 Å². The molecule has 2 amide bonds. The largest absolute Gasteiger partial charge is 0.465 e. The van der Waals surface area contributed by atoms with Gasteiger partial charge in [0.25, 0.3) is 17.3 Å². The van der Waals surface area contributed by atoms with E-state index in [1.807, 2.05) is 33.8 Å². The molecule has 10 heteroatoms. The van der Waals surface area contributed by atoms with Gasteiger partial charge in [-0.2, -0.15) is 0 Å². The van der Waals surface area contributed by atoms with E-state index >= 15 is 0 Å². The molecule has 36 heavy (non-hydrogen) atoms. The second kappa shape index (κ2) is 10.2. The van der Waals surface area contributed by atoms with Crippen molar-refractivity contribution >= 4 is 27.9 Å². The Morgan fingerprint density at radius 2 is 1.78 bits per heavy atom. The van der Waals surface area contributed by atoms with Gasteiger partial charge in [0.15, 0.2) is 11.5 Å². The number of aromatic nitrogens is 1. The smallest absolute Gasteiger partial charge is 0.404 e. The Morgan fingerprint density at radius 1 is 1.11 bits per heavy atom. The van der Waals surface area contributed by atoms with E-state index in [9.17, 15) is 14.4 Å². The molecule has 2 aliphatic rings. The van der Waals surface area contributed by atoms with Gasteiger partial charge < -0.3 is 30.2 Å². The summed E-state index contributed by atoms with van der Waals surface area (Å²) >= 11 is 3.54. The number of amides is 2. The molecule has 2 aromatic rings. The molecule has 1 atom stereocenters. The van der Waals surface area contributed by atoms with Gasteiger partial charge in [-0.25, -0.2) is 4.79 Å². The molecule has 1 aromatic carbocycles. The van der Waals surface area contributed by atoms with Crippen LogP contribution in [0.2, 0.25) is 0 Å². The first-order valence-electron chi connectivity index (χ1n) is 12.1. The quantitative estimate of drug-likeness (QED) is 0.409. The number of benzene rings is 1. The number of rotatable bonds is 6. The van der Waals surface area contributed by atoms with Crippen LogP contribution < -0.4 is 25.7 Å². The van der Waals surface area contributed by atoms with Crippen LogP contribution in [0.4, 0.5) is 4.79 Å². The van der Waals surface area contributed by atoms with E-state index in [0.717, 1.165) is 36.9 Å². The maximum atomic E-state index is 13.1. The van der Waals surface area contributed by atoms with E-state index in [1.165, 1.54) is 0 Å². The number of H-pyrrole nitrogens is 1. The zero-order chi connectivity index (χ0) is 26.2. The molecule has 0 spiro atoms. The van der Waals surface area contributed by atoms with Crippen LogP contribution in [0.25, 0.3) is 0 Å². The zero-order valence-corrected chi connectivity index (χ0v) is 22.5. The topological polar surface area (TPSA) is 130 Å². The molecular weight excluding hydrogens is 530 g/mol. The van der Waals surface area contributed by atoms with E-state index in [1.54, 1.807) is 6.07 Å². The Bertz CT molecular complexity index is 1250. The van der Waals surface area contributed by atoms with Crippen LogP contribution in [0.5, 0.6) is 11.5 Å². The number of nitrogens with one attached hydrogen (secondary N) is 3. The van der Waals surface area contributed by atoms with E-state index < -0.39 is 11.9 Å². The van der Waals surface area contributed by atoms with Crippen molar-refractivity contribution in [2.75, 3.05) is 6.54 Å². The third-order valence-electron chi connectivity index (χ3n) is 7.34. The minimum atomic E-state index is -0.997. The van der Waals surface area contributed by atoms with Crippen molar-refractivity contribution in [3.63, 3.8) is 0 Å². The van der Waals surface area contributed by atoms with Gasteiger partial charge in [-0.05, 0) is 86.0 Å². The Morgan fingerprint density at radius 3 is 2.42 bits per heavy atom. The van der Waals surface area contributed by atoms with Gasteiger partial charge in [-0.3, -0.25) is 9.59 Å². The monoisotopic (exact) mass is 561 g/mol. The lowest BCUT2D eigenvalue weighted by Crippen LogP contribution is -2.45. The second-order valence-corrected chi connectivity index (χ2v) is 10.8. The van der Waals surface area contributed by atoms with Gasteiger partial charge in [0.1, 0.15) is 0 Å². The molecule has 1 aliphatic heterocycles. The van der Waals surface area contributed by atoms with Gasteiger partial charge in [0, 0.05) is 48.3 Å². The van der Waals surface area contributed by atoms with E-state index in [4.69, 9.17) is 14.6 Å². The minimum absolute atomic E-state index is 0.115. The number of carbonyl (C=O) groups excluding carboxylic acids is 1. The molecule has 194 valence electrons. The summed E-state index contributed by atoms with van der Waals surface area (Å²) in [4.78, 5) is 39.0. The Balaban J connectivity index is 1.46. The Labute approximate surface area is 218 Å². The van der Waals surface area contributed by atoms with Crippen LogP contribution in [0, 0.1) is 32.6 Å². The number of carboxylic acid groups (broad SMARTS) is 1. The van der Waals surface area contributed by atoms with E-state index in [-0.39, 0.29) is 23.9 Å². The third-order valence-corrected chi connectivity index (χ3v) is 7.93. The molecule has 4 N–H and O–H groups in total. The fourth-order valence-electron chi connectivity index (χ4n) is 5.24. The number of aromatic amines is 1. The van der Waals surface area contributed by atoms with Crippen molar-refractivity contribution in [3.8, 4) is 11.5 Å². The predicted molar refractivity (Wildman–Crippen MR) is 138 cm³/mol. The zero-order valence-electron chi connectivity index (χ0n) is 20.9. The fourth-order valence-corrected chi connectivity index (χ4v) is 5.73. The number of halogens is 1. The Hall–Kier alpha value is -3.01. The normalized spacial score (nSPS) is 22.8. The molecule has 0 bridgehead atoms. The molecule has 1 aromatic heterocycles. The third kappa shape index (κ3) is 5.23. The van der Waals surface area contributed by atoms with Crippen molar-refractivity contribution in [2.45, 2.75) is 65.7 Å². The lowest BCUT2D eigenvalue weighted by molar-refractivity contribution is -0.123. The lowest BCUT2D eigenvalue weighted by Gasteiger charge is -2.37. The summed E-state index contributed by atoms with van der Waals surface area (Å²) in [6.45, 7) is 7.99. The van der Waals surface area contributed by atoms with Crippen LogP contribution in [0.15, 0.2) is 21.4 Å². The van der Waals surface area contributed by atoms with Crippen LogP contribution in [-0.2, 0) is 6.54 Å². The first kappa shape index (κ1) is 26.1. The number of hydrogen-bond acceptors (Lipinski definition) is 5. The van der Waals surface area contributed by atoms with Gasteiger partial charge in [-0.1, -0.05) is 0 Å². The predicted octanol–water partition coefficient (Wildman–Crippen LogP) is 4.55. The molecule has 1 saturated carbocycles. The average Bonchev–Trinajstić information content (AvgIpc) is 3.19. The van der Waals surface area contributed by atoms with Crippen molar-refractivity contribution in [1.29, 1.82) is 0 Å². The summed E-state index contributed by atoms with van der Waals surface area (Å²) in [5.41, 5.74) is 3.02. The summed E-state index contributed by atoms with van der Waals surface area (Å²) in [6, 6.07) is 3.60. The van der Waals surface area contributed by atoms with Crippen molar-refractivity contribution in [2.24, 2.45) is 11.8 Å². The maximum Gasteiger partial charge on any atom is 0.404 e. The van der Waals surface area contributed by atoms with E-state index in [2.05, 4.69) is 31.5 Å². The van der Waals surface area contributed by atoms with Crippen molar-refractivity contribution in [3.05, 3.63) is 54.9 Å². The maximum absolute atomic E-state index is 13.1. The van der Waals surface area contributed by atoms with Gasteiger partial charge in [-0.15, -0.1) is 0 Å². The van der Waals surface area contributed by atoms with Crippen LogP contribution in [-0.4, -0.2) is 34.4 Å². The summed E-state index contributed by atoms with van der Waals surface area (Å²) in [7, 11) is 0. The number of hydrogen-bond donors (Lipinski definition) is 4. The number of ether oxygens (including phenoxy) is 2. The van der Waals surface area contributed by atoms with Crippen molar-refractivity contribution < 1.29 is 24.2 Å². The first-order valence-corrected chi connectivity index (χ1v) is 12.9. The van der Waals surface area contributed by atoms with Gasteiger partial charge >= 0.3 is 6.09 Å². The van der Waals surface area contributed by atoms with E-state index in [0.29, 0.717) is 45.1 Å². The average molecular weight is 562 g/mol. The van der Waals surface area contributed by atoms with Crippen LogP contribution in [0.1, 0.15) is 65.3 Å². The first-order chi connectivity index (χ1) is 17.0. The van der Waals surface area contributed by atoms with Gasteiger partial charge in [0.05, 0.1) is 4.47 Å². The lowest BCUT2D eigenvalue weighted by atomic mass is 9.78. The fraction of sp³-hybridized carbons (Fsp3) is 0.500. The SMILES string of the molecule is Cc1cc(C)c(CNC(=O)c2cc(Br)c3c(c2C)OC(C)([C@H]2CC[C@H](CNC(=O)O)CC2)O3)c(=O)[nH]1. The number of carbonyl (C=O) groups is 2. The molecule has 2 heterocycles. The number of fused-ring (bicyclic) bond motifs is 1. The molecule has 1 fully saturated rings. The van der Waals surface area contributed by atoms with Gasteiger partial charge in [0.2, 0.25) is 0 Å². The highest BCUT2D eigenvalue weighted by Gasteiger charge is 2.47. The molecule has 0 radical (unpaired) electrons. The summed E-state index contributed by atoms with van der Waals surface area (Å²) < 4.78 is 13.3. The van der Waals surface area contributed by atoms with Crippen molar-refractivity contribution in [1.82, 2.24) is 15.6 Å². The molecule has 9 nitrogen and oxygen atoms in total. The molecule has 0 saturated heterocycles. The van der Waals surface area contributed by atoms with Crippen LogP contribution in [0.3, 0.4) is 0 Å². The highest BCUT2D eigenvalue weighted by molar-refractivity contribution is 9.10. The second-order valence-electron chi connectivity index (χ2n) is 9.94. The molecule has 4 rings (SSSR count). The summed E-state index contributed by atoms with van der Waals surface area (Å²) in [6.07, 6.45) is 2.47. The summed E-state index contributed by atoms with van der Waals surface area (Å²) in [5.74, 6) is 0.369. The molecule has 1 aliphatic carbocycles. The molecule has 1 unspecified atom stereocenters. The Kier molecular flexibility index (Phi) is 7.36. The number of pyridine rings is 1. The minimum Gasteiger partial charge on any atom is -0.465 e. The standard InChI is InChI=1S/C26H32BrN3O6/c1-13-9-14(2)30-24(32)19(13)12-28-23(31)18-10-20(27)22-21(15(18)3)35-26(4,36-22)17-7-5-16(6-8-17)11-29-25(33)34/h9-10,16-17,29H,5-8,11-12H2,1-4H3,(H,28,31)(H,30,32)(H,33,34)/t16-,17-,26?. The summed E-state index contributed by atoms with van der Waals surface area (Å²) in [5, 5.41) is 14.2. The highest BCUT2D eigenvalue weighted by atomic mass is 79.9. The molecular formula is C26H32BrN3O6.